The van der Waals surface area contributed by atoms with Crippen molar-refractivity contribution in [1.82, 2.24) is 0 Å². The van der Waals surface area contributed by atoms with Gasteiger partial charge in [0.1, 0.15) is 0 Å². The molecule has 0 atom stereocenters. The predicted molar refractivity (Wildman–Crippen MR) is 81.0 cm³/mol. The zero-order chi connectivity index (χ0) is 15.5. The molecule has 1 N–H and O–H groups in total. The summed E-state index contributed by atoms with van der Waals surface area (Å²) in [5, 5.41) is 8.44. The van der Waals surface area contributed by atoms with Crippen LogP contribution >= 0.6 is 0 Å². The van der Waals surface area contributed by atoms with Crippen molar-refractivity contribution in [3.63, 3.8) is 0 Å². The molecule has 0 saturated heterocycles. The smallest absolute Gasteiger partial charge is 0.307 e. The molecule has 5 heteroatoms. The fourth-order valence-corrected chi connectivity index (χ4v) is 4.81. The summed E-state index contributed by atoms with van der Waals surface area (Å²) in [5.74, 6) is -0.252. The van der Waals surface area contributed by atoms with Gasteiger partial charge in [-0.1, -0.05) is 25.5 Å². The lowest BCUT2D eigenvalue weighted by molar-refractivity contribution is -0.136. The van der Waals surface area contributed by atoms with Crippen LogP contribution in [0.2, 0.25) is 0 Å². The zero-order valence-corrected chi connectivity index (χ0v) is 13.1. The van der Waals surface area contributed by atoms with E-state index in [1.54, 1.807) is 24.3 Å². The lowest BCUT2D eigenvalue weighted by Crippen LogP contribution is -2.27. The topological polar surface area (TPSA) is 71.4 Å². The number of benzene rings is 1. The number of carboxylic acids is 1. The number of sulfone groups is 1. The first-order chi connectivity index (χ1) is 9.93. The Balaban J connectivity index is 2.11. The summed E-state index contributed by atoms with van der Waals surface area (Å²) in [4.78, 5) is 11.0. The van der Waals surface area contributed by atoms with Gasteiger partial charge in [-0.15, -0.1) is 0 Å². The summed E-state index contributed by atoms with van der Waals surface area (Å²) in [7, 11) is -3.29. The molecule has 0 amide bonds. The number of hydrogen-bond donors (Lipinski definition) is 1. The summed E-state index contributed by atoms with van der Waals surface area (Å²) in [6.45, 7) is 2.15. The summed E-state index contributed by atoms with van der Waals surface area (Å²) < 4.78 is 25.2. The molecule has 1 fully saturated rings. The number of aliphatic carboxylic acids is 1. The minimum Gasteiger partial charge on any atom is -0.481 e. The fourth-order valence-electron chi connectivity index (χ4n) is 3.01. The Bertz CT molecular complexity index is 581. The van der Waals surface area contributed by atoms with E-state index in [1.807, 2.05) is 0 Å². The summed E-state index contributed by atoms with van der Waals surface area (Å²) in [6, 6.07) is 6.27. The third kappa shape index (κ3) is 3.84. The van der Waals surface area contributed by atoms with E-state index >= 15 is 0 Å². The van der Waals surface area contributed by atoms with Crippen LogP contribution in [0.25, 0.3) is 0 Å². The summed E-state index contributed by atoms with van der Waals surface area (Å²) in [5.41, 5.74) is 0.621. The molecule has 0 bridgehead atoms. The van der Waals surface area contributed by atoms with Crippen LogP contribution in [0.3, 0.4) is 0 Å². The second-order valence-corrected chi connectivity index (χ2v) is 8.04. The van der Waals surface area contributed by atoms with Gasteiger partial charge in [-0.05, 0) is 49.3 Å². The number of carboxylic acid groups (broad SMARTS) is 1. The quantitative estimate of drug-likeness (QED) is 0.907. The number of carbonyl (C=O) groups is 1. The Morgan fingerprint density at radius 3 is 2.19 bits per heavy atom. The van der Waals surface area contributed by atoms with E-state index < -0.39 is 15.8 Å². The van der Waals surface area contributed by atoms with Crippen LogP contribution in [0.1, 0.15) is 44.6 Å². The maximum Gasteiger partial charge on any atom is 0.307 e. The van der Waals surface area contributed by atoms with Gasteiger partial charge >= 0.3 is 5.97 Å². The molecule has 0 unspecified atom stereocenters. The lowest BCUT2D eigenvalue weighted by atomic mass is 9.87. The van der Waals surface area contributed by atoms with Gasteiger partial charge in [-0.2, -0.15) is 0 Å². The molecule has 0 aliphatic heterocycles. The molecule has 4 nitrogen and oxygen atoms in total. The van der Waals surface area contributed by atoms with Crippen LogP contribution in [0.15, 0.2) is 29.2 Å². The Hall–Kier alpha value is -1.36. The van der Waals surface area contributed by atoms with E-state index in [-0.39, 0.29) is 11.7 Å². The second kappa shape index (κ2) is 6.60. The standard InChI is InChI=1S/C16H22O4S/c1-2-12-3-7-14(8-4-12)21(19,20)15-9-5-13(6-10-15)11-16(17)18/h5-6,9-10,12,14H,2-4,7-8,11H2,1H3,(H,17,18). The van der Waals surface area contributed by atoms with E-state index in [0.717, 1.165) is 32.1 Å². The first kappa shape index (κ1) is 16.0. The molecule has 0 heterocycles. The summed E-state index contributed by atoms with van der Waals surface area (Å²) >= 11 is 0. The van der Waals surface area contributed by atoms with Crippen molar-refractivity contribution >= 4 is 15.8 Å². The Kier molecular flexibility index (Phi) is 5.04. The predicted octanol–water partition coefficient (Wildman–Crippen LogP) is 3.06. The van der Waals surface area contributed by atoms with E-state index in [0.29, 0.717) is 16.4 Å². The van der Waals surface area contributed by atoms with Crippen LogP contribution in [-0.2, 0) is 21.1 Å². The third-order valence-electron chi connectivity index (χ3n) is 4.42. The van der Waals surface area contributed by atoms with Gasteiger partial charge in [0, 0.05) is 0 Å². The van der Waals surface area contributed by atoms with Crippen molar-refractivity contribution in [1.29, 1.82) is 0 Å². The molecular formula is C16H22O4S. The van der Waals surface area contributed by atoms with Gasteiger partial charge in [0.2, 0.25) is 0 Å². The lowest BCUT2D eigenvalue weighted by Gasteiger charge is -2.27. The molecule has 0 aromatic heterocycles. The first-order valence-electron chi connectivity index (χ1n) is 7.48. The van der Waals surface area contributed by atoms with Gasteiger partial charge < -0.3 is 5.11 Å². The SMILES string of the molecule is CCC1CCC(S(=O)(=O)c2ccc(CC(=O)O)cc2)CC1. The van der Waals surface area contributed by atoms with Crippen LogP contribution < -0.4 is 0 Å². The third-order valence-corrected chi connectivity index (χ3v) is 6.70. The van der Waals surface area contributed by atoms with Crippen molar-refractivity contribution < 1.29 is 18.3 Å². The van der Waals surface area contributed by atoms with Gasteiger partial charge in [-0.25, -0.2) is 8.42 Å². The molecular weight excluding hydrogens is 288 g/mol. The molecule has 1 saturated carbocycles. The molecule has 21 heavy (non-hydrogen) atoms. The first-order valence-corrected chi connectivity index (χ1v) is 9.02. The molecule has 1 aliphatic carbocycles. The minimum atomic E-state index is -3.29. The van der Waals surface area contributed by atoms with E-state index in [4.69, 9.17) is 5.11 Å². The van der Waals surface area contributed by atoms with Gasteiger partial charge in [0.25, 0.3) is 0 Å². The number of hydrogen-bond acceptors (Lipinski definition) is 3. The molecule has 116 valence electrons. The highest BCUT2D eigenvalue weighted by Crippen LogP contribution is 2.33. The van der Waals surface area contributed by atoms with Gasteiger partial charge in [-0.3, -0.25) is 4.79 Å². The fraction of sp³-hybridized carbons (Fsp3) is 0.562. The molecule has 0 spiro atoms. The van der Waals surface area contributed by atoms with Gasteiger partial charge in [0.15, 0.2) is 9.84 Å². The average Bonchev–Trinajstić information content (AvgIpc) is 2.47. The molecule has 1 aromatic carbocycles. The van der Waals surface area contributed by atoms with Gasteiger partial charge in [0.05, 0.1) is 16.6 Å². The highest BCUT2D eigenvalue weighted by Gasteiger charge is 2.31. The number of rotatable bonds is 5. The zero-order valence-electron chi connectivity index (χ0n) is 12.3. The highest BCUT2D eigenvalue weighted by molar-refractivity contribution is 7.92. The van der Waals surface area contributed by atoms with Crippen LogP contribution in [0.5, 0.6) is 0 Å². The van der Waals surface area contributed by atoms with E-state index in [2.05, 4.69) is 6.92 Å². The maximum atomic E-state index is 12.6. The van der Waals surface area contributed by atoms with Crippen molar-refractivity contribution in [3.05, 3.63) is 29.8 Å². The molecule has 0 radical (unpaired) electrons. The van der Waals surface area contributed by atoms with Crippen molar-refractivity contribution in [2.75, 3.05) is 0 Å². The molecule has 1 aromatic rings. The minimum absolute atomic E-state index is 0.0814. The van der Waals surface area contributed by atoms with Crippen molar-refractivity contribution in [3.8, 4) is 0 Å². The Labute approximate surface area is 126 Å². The molecule has 2 rings (SSSR count). The normalized spacial score (nSPS) is 22.9. The average molecular weight is 310 g/mol. The second-order valence-electron chi connectivity index (χ2n) is 5.81. The largest absolute Gasteiger partial charge is 0.481 e. The van der Waals surface area contributed by atoms with E-state index in [9.17, 15) is 13.2 Å². The van der Waals surface area contributed by atoms with Crippen molar-refractivity contribution in [2.45, 2.75) is 55.6 Å². The monoisotopic (exact) mass is 310 g/mol. The molecule has 1 aliphatic rings. The Morgan fingerprint density at radius 1 is 1.14 bits per heavy atom. The van der Waals surface area contributed by atoms with Crippen LogP contribution in [0.4, 0.5) is 0 Å². The van der Waals surface area contributed by atoms with Crippen LogP contribution in [0, 0.1) is 5.92 Å². The highest BCUT2D eigenvalue weighted by atomic mass is 32.2. The van der Waals surface area contributed by atoms with Crippen LogP contribution in [-0.4, -0.2) is 24.7 Å². The van der Waals surface area contributed by atoms with E-state index in [1.165, 1.54) is 0 Å². The Morgan fingerprint density at radius 2 is 1.71 bits per heavy atom. The maximum absolute atomic E-state index is 12.6. The summed E-state index contributed by atoms with van der Waals surface area (Å²) in [6.07, 6.45) is 4.48. The van der Waals surface area contributed by atoms with Crippen molar-refractivity contribution in [2.24, 2.45) is 5.92 Å².